The van der Waals surface area contributed by atoms with E-state index in [0.717, 1.165) is 44.8 Å². The quantitative estimate of drug-likeness (QED) is 0.173. The number of hydrogen-bond acceptors (Lipinski definition) is 3. The number of fused-ring (bicyclic) bond motifs is 1. The van der Waals surface area contributed by atoms with Crippen molar-refractivity contribution in [2.24, 2.45) is 0 Å². The van der Waals surface area contributed by atoms with Gasteiger partial charge in [-0.15, -0.1) is 29.8 Å². The SMILES string of the molecule is CC(c1ccccc1)c1cccc(-c2[c-]c(-c3cccc4c3nc(-c3ccccc3O)n4-c3ccccc3)ccc2)n1.[Pt]. The van der Waals surface area contributed by atoms with Gasteiger partial charge < -0.3 is 5.11 Å². The van der Waals surface area contributed by atoms with E-state index in [2.05, 4.69) is 90.4 Å². The summed E-state index contributed by atoms with van der Waals surface area (Å²) in [5.74, 6) is 1.05. The van der Waals surface area contributed by atoms with Crippen LogP contribution >= 0.6 is 0 Å². The van der Waals surface area contributed by atoms with Crippen molar-refractivity contribution in [3.8, 4) is 45.2 Å². The van der Waals surface area contributed by atoms with Gasteiger partial charge in [-0.2, -0.15) is 0 Å². The number of imidazole rings is 1. The third kappa shape index (κ3) is 5.42. The van der Waals surface area contributed by atoms with Gasteiger partial charge in [-0.3, -0.25) is 9.55 Å². The Morgan fingerprint density at radius 2 is 1.28 bits per heavy atom. The smallest absolute Gasteiger partial charge is 0.148 e. The van der Waals surface area contributed by atoms with Crippen LogP contribution in [-0.4, -0.2) is 19.6 Å². The third-order valence-corrected chi connectivity index (χ3v) is 7.72. The van der Waals surface area contributed by atoms with Gasteiger partial charge in [0, 0.05) is 44.1 Å². The molecule has 0 aliphatic rings. The molecule has 5 aromatic carbocycles. The van der Waals surface area contributed by atoms with E-state index in [1.165, 1.54) is 5.56 Å². The van der Waals surface area contributed by atoms with Crippen LogP contribution in [0.15, 0.2) is 140 Å². The fourth-order valence-electron chi connectivity index (χ4n) is 5.53. The standard InChI is InChI=1S/C38H28N3O.Pt/c1-26(27-13-4-2-5-14-27)33-21-12-22-34(39-33)29-16-10-15-28(25-29)31-20-11-23-35-37(31)40-38(32-19-8-9-24-36(32)42)41(35)30-17-6-3-7-18-30;/h2-24,26,42H,1H3;/q-1;. The summed E-state index contributed by atoms with van der Waals surface area (Å²) in [5, 5.41) is 10.8. The number of rotatable bonds is 6. The summed E-state index contributed by atoms with van der Waals surface area (Å²) in [4.78, 5) is 10.2. The second kappa shape index (κ2) is 12.2. The molecule has 2 aromatic heterocycles. The van der Waals surface area contributed by atoms with Crippen LogP contribution < -0.4 is 0 Å². The Morgan fingerprint density at radius 3 is 2.07 bits per heavy atom. The van der Waals surface area contributed by atoms with E-state index in [1.54, 1.807) is 6.07 Å². The van der Waals surface area contributed by atoms with Gasteiger partial charge in [0.2, 0.25) is 0 Å². The third-order valence-electron chi connectivity index (χ3n) is 7.72. The molecule has 212 valence electrons. The van der Waals surface area contributed by atoms with Crippen molar-refractivity contribution in [3.05, 3.63) is 157 Å². The van der Waals surface area contributed by atoms with Crippen molar-refractivity contribution in [2.75, 3.05) is 0 Å². The maximum Gasteiger partial charge on any atom is 0.148 e. The van der Waals surface area contributed by atoms with Crippen LogP contribution in [0.1, 0.15) is 24.1 Å². The van der Waals surface area contributed by atoms with Crippen molar-refractivity contribution in [2.45, 2.75) is 12.8 Å². The minimum atomic E-state index is 0. The van der Waals surface area contributed by atoms with Crippen LogP contribution in [0, 0.1) is 6.07 Å². The number of aromatic nitrogens is 3. The molecule has 0 bridgehead atoms. The summed E-state index contributed by atoms with van der Waals surface area (Å²) in [6.07, 6.45) is 0. The molecule has 4 nitrogen and oxygen atoms in total. The number of aromatic hydroxyl groups is 1. The molecule has 1 atom stereocenters. The molecule has 0 aliphatic carbocycles. The molecule has 1 unspecified atom stereocenters. The fourth-order valence-corrected chi connectivity index (χ4v) is 5.53. The van der Waals surface area contributed by atoms with Crippen LogP contribution in [0.5, 0.6) is 5.75 Å². The largest absolute Gasteiger partial charge is 0.507 e. The maximum atomic E-state index is 10.8. The molecule has 0 saturated carbocycles. The minimum Gasteiger partial charge on any atom is -0.507 e. The van der Waals surface area contributed by atoms with Gasteiger partial charge in [-0.25, -0.2) is 4.98 Å². The van der Waals surface area contributed by atoms with Crippen molar-refractivity contribution in [1.82, 2.24) is 14.5 Å². The van der Waals surface area contributed by atoms with E-state index in [-0.39, 0.29) is 32.7 Å². The second-order valence-corrected chi connectivity index (χ2v) is 10.4. The van der Waals surface area contributed by atoms with Gasteiger partial charge in [0.05, 0.1) is 16.6 Å². The van der Waals surface area contributed by atoms with Crippen molar-refractivity contribution < 1.29 is 26.2 Å². The molecular formula is C38H28N3OPt-. The molecule has 5 heteroatoms. The van der Waals surface area contributed by atoms with E-state index in [0.29, 0.717) is 11.4 Å². The normalized spacial score (nSPS) is 11.7. The second-order valence-electron chi connectivity index (χ2n) is 10.4. The van der Waals surface area contributed by atoms with E-state index in [4.69, 9.17) is 9.97 Å². The number of phenolic OH excluding ortho intramolecular Hbond substituents is 1. The molecular weight excluding hydrogens is 710 g/mol. The molecule has 0 saturated heterocycles. The zero-order valence-corrected chi connectivity index (χ0v) is 25.7. The molecule has 0 fully saturated rings. The van der Waals surface area contributed by atoms with Crippen molar-refractivity contribution in [3.63, 3.8) is 0 Å². The molecule has 0 aliphatic heterocycles. The Labute approximate surface area is 265 Å². The van der Waals surface area contributed by atoms with Crippen LogP contribution in [0.3, 0.4) is 0 Å². The van der Waals surface area contributed by atoms with Gasteiger partial charge in [0.1, 0.15) is 11.6 Å². The topological polar surface area (TPSA) is 50.9 Å². The zero-order valence-electron chi connectivity index (χ0n) is 23.5. The van der Waals surface area contributed by atoms with Crippen molar-refractivity contribution >= 4 is 11.0 Å². The first-order valence-corrected chi connectivity index (χ1v) is 14.1. The zero-order chi connectivity index (χ0) is 28.5. The first-order chi connectivity index (χ1) is 20.7. The van der Waals surface area contributed by atoms with Gasteiger partial charge in [-0.1, -0.05) is 103 Å². The van der Waals surface area contributed by atoms with Crippen LogP contribution in [-0.2, 0) is 21.1 Å². The summed E-state index contributed by atoms with van der Waals surface area (Å²) in [5.41, 5.74) is 9.41. The average molecular weight is 738 g/mol. The minimum absolute atomic E-state index is 0. The number of hydrogen-bond donors (Lipinski definition) is 1. The molecule has 1 N–H and O–H groups in total. The van der Waals surface area contributed by atoms with E-state index in [9.17, 15) is 5.11 Å². The summed E-state index contributed by atoms with van der Waals surface area (Å²) in [6.45, 7) is 2.19. The first-order valence-electron chi connectivity index (χ1n) is 14.1. The monoisotopic (exact) mass is 737 g/mol. The number of pyridine rings is 1. The molecule has 43 heavy (non-hydrogen) atoms. The summed E-state index contributed by atoms with van der Waals surface area (Å²) >= 11 is 0. The predicted molar refractivity (Wildman–Crippen MR) is 170 cm³/mol. The number of benzene rings is 5. The Kier molecular flexibility index (Phi) is 8.05. The average Bonchev–Trinajstić information content (AvgIpc) is 3.45. The van der Waals surface area contributed by atoms with Gasteiger partial charge in [-0.05, 0) is 42.0 Å². The molecule has 2 heterocycles. The van der Waals surface area contributed by atoms with Gasteiger partial charge >= 0.3 is 0 Å². The Morgan fingerprint density at radius 1 is 0.628 bits per heavy atom. The summed E-state index contributed by atoms with van der Waals surface area (Å²) in [6, 6.07) is 50.1. The fraction of sp³-hybridized carbons (Fsp3) is 0.0526. The molecule has 0 spiro atoms. The number of para-hydroxylation sites is 3. The molecule has 7 aromatic rings. The van der Waals surface area contributed by atoms with E-state index < -0.39 is 0 Å². The van der Waals surface area contributed by atoms with E-state index in [1.807, 2.05) is 60.7 Å². The van der Waals surface area contributed by atoms with Crippen molar-refractivity contribution in [1.29, 1.82) is 0 Å². The van der Waals surface area contributed by atoms with Crippen LogP contribution in [0.4, 0.5) is 0 Å². The van der Waals surface area contributed by atoms with E-state index >= 15 is 0 Å². The van der Waals surface area contributed by atoms with Crippen LogP contribution in [0.25, 0.3) is 50.5 Å². The first kappa shape index (κ1) is 28.3. The molecule has 0 amide bonds. The van der Waals surface area contributed by atoms with Crippen LogP contribution in [0.2, 0.25) is 0 Å². The molecule has 0 radical (unpaired) electrons. The maximum absolute atomic E-state index is 10.8. The number of nitrogens with zero attached hydrogens (tertiary/aromatic N) is 3. The number of phenols is 1. The van der Waals surface area contributed by atoms with Gasteiger partial charge in [0.15, 0.2) is 0 Å². The van der Waals surface area contributed by atoms with Gasteiger partial charge in [0.25, 0.3) is 0 Å². The Hall–Kier alpha value is -4.79. The summed E-state index contributed by atoms with van der Waals surface area (Å²) < 4.78 is 2.10. The Bertz CT molecular complexity index is 2020. The predicted octanol–water partition coefficient (Wildman–Crippen LogP) is 9.08. The summed E-state index contributed by atoms with van der Waals surface area (Å²) in [7, 11) is 0. The molecule has 7 rings (SSSR count). The Balaban J connectivity index is 0.00000329.